The van der Waals surface area contributed by atoms with Gasteiger partial charge in [-0.1, -0.05) is 20.8 Å². The van der Waals surface area contributed by atoms with Crippen molar-refractivity contribution in [3.05, 3.63) is 0 Å². The summed E-state index contributed by atoms with van der Waals surface area (Å²) in [5.41, 5.74) is 0.349. The monoisotopic (exact) mass is 196 g/mol. The zero-order chi connectivity index (χ0) is 10.5. The lowest BCUT2D eigenvalue weighted by molar-refractivity contribution is -0.0886. The van der Waals surface area contributed by atoms with Gasteiger partial charge in [0.1, 0.15) is 0 Å². The van der Waals surface area contributed by atoms with Gasteiger partial charge in [-0.05, 0) is 32.1 Å². The van der Waals surface area contributed by atoms with E-state index in [1.165, 1.54) is 12.8 Å². The van der Waals surface area contributed by atoms with E-state index in [0.29, 0.717) is 17.6 Å². The Morgan fingerprint density at radius 3 is 2.14 bits per heavy atom. The molecule has 0 amide bonds. The van der Waals surface area contributed by atoms with Crippen molar-refractivity contribution in [2.75, 3.05) is 0 Å². The van der Waals surface area contributed by atoms with Crippen molar-refractivity contribution < 1.29 is 0 Å². The van der Waals surface area contributed by atoms with Crippen LogP contribution in [0.15, 0.2) is 0 Å². The van der Waals surface area contributed by atoms with Gasteiger partial charge in [0.2, 0.25) is 0 Å². The molecule has 3 aliphatic rings. The SMILES string of the molecule is CC(C)N1C2CC(C2)NC1C(C)(C)C. The van der Waals surface area contributed by atoms with Crippen LogP contribution in [0.5, 0.6) is 0 Å². The van der Waals surface area contributed by atoms with Gasteiger partial charge in [-0.3, -0.25) is 10.2 Å². The number of hydrogen-bond donors (Lipinski definition) is 1. The first kappa shape index (κ1) is 10.4. The van der Waals surface area contributed by atoms with E-state index in [1.54, 1.807) is 0 Å². The van der Waals surface area contributed by atoms with Crippen LogP contribution in [0.3, 0.4) is 0 Å². The van der Waals surface area contributed by atoms with E-state index < -0.39 is 0 Å². The molecule has 1 aliphatic carbocycles. The van der Waals surface area contributed by atoms with E-state index in [1.807, 2.05) is 0 Å². The third kappa shape index (κ3) is 1.59. The molecule has 2 heterocycles. The van der Waals surface area contributed by atoms with Crippen molar-refractivity contribution in [2.45, 2.75) is 71.8 Å². The molecule has 82 valence electrons. The van der Waals surface area contributed by atoms with E-state index >= 15 is 0 Å². The van der Waals surface area contributed by atoms with Crippen LogP contribution in [0.4, 0.5) is 0 Å². The van der Waals surface area contributed by atoms with Gasteiger partial charge in [-0.2, -0.15) is 0 Å². The van der Waals surface area contributed by atoms with Gasteiger partial charge >= 0.3 is 0 Å². The lowest BCUT2D eigenvalue weighted by Gasteiger charge is -2.59. The molecule has 3 fully saturated rings. The molecular weight excluding hydrogens is 172 g/mol. The first-order valence-corrected chi connectivity index (χ1v) is 5.93. The summed E-state index contributed by atoms with van der Waals surface area (Å²) in [6.07, 6.45) is 3.30. The summed E-state index contributed by atoms with van der Waals surface area (Å²) < 4.78 is 0. The average molecular weight is 196 g/mol. The van der Waals surface area contributed by atoms with Crippen molar-refractivity contribution >= 4 is 0 Å². The smallest absolute Gasteiger partial charge is 0.0653 e. The molecule has 0 aromatic heterocycles. The van der Waals surface area contributed by atoms with E-state index in [-0.39, 0.29) is 0 Å². The summed E-state index contributed by atoms with van der Waals surface area (Å²) in [5.74, 6) is 0. The van der Waals surface area contributed by atoms with Gasteiger partial charge in [-0.15, -0.1) is 0 Å². The maximum Gasteiger partial charge on any atom is 0.0653 e. The Labute approximate surface area is 88.1 Å². The molecular formula is C12H24N2. The molecule has 2 nitrogen and oxygen atoms in total. The Bertz CT molecular complexity index is 211. The Hall–Kier alpha value is -0.0800. The molecule has 2 heteroatoms. The number of nitrogens with one attached hydrogen (secondary N) is 1. The van der Waals surface area contributed by atoms with Crippen molar-refractivity contribution in [1.82, 2.24) is 10.2 Å². The highest BCUT2D eigenvalue weighted by Crippen LogP contribution is 2.39. The molecule has 0 aromatic rings. The normalized spacial score (nSPS) is 38.6. The van der Waals surface area contributed by atoms with E-state index in [9.17, 15) is 0 Å². The fourth-order valence-corrected chi connectivity index (χ4v) is 2.90. The minimum atomic E-state index is 0.349. The van der Waals surface area contributed by atoms with Crippen LogP contribution < -0.4 is 5.32 Å². The van der Waals surface area contributed by atoms with Gasteiger partial charge in [0.05, 0.1) is 6.17 Å². The Morgan fingerprint density at radius 1 is 1.21 bits per heavy atom. The zero-order valence-electron chi connectivity index (χ0n) is 10.2. The summed E-state index contributed by atoms with van der Waals surface area (Å²) >= 11 is 0. The zero-order valence-corrected chi connectivity index (χ0v) is 10.2. The fraction of sp³-hybridized carbons (Fsp3) is 1.00. The lowest BCUT2D eigenvalue weighted by Crippen LogP contribution is -2.72. The summed E-state index contributed by atoms with van der Waals surface area (Å²) in [6.45, 7) is 11.7. The van der Waals surface area contributed by atoms with E-state index in [2.05, 4.69) is 44.8 Å². The molecule has 0 radical (unpaired) electrons. The third-order valence-corrected chi connectivity index (χ3v) is 3.64. The first-order valence-electron chi connectivity index (χ1n) is 5.93. The quantitative estimate of drug-likeness (QED) is 0.691. The highest BCUT2D eigenvalue weighted by molar-refractivity contribution is 5.03. The first-order chi connectivity index (χ1) is 6.39. The second-order valence-corrected chi connectivity index (χ2v) is 6.30. The third-order valence-electron chi connectivity index (χ3n) is 3.64. The van der Waals surface area contributed by atoms with Gasteiger partial charge in [0.25, 0.3) is 0 Å². The number of hydrogen-bond acceptors (Lipinski definition) is 2. The summed E-state index contributed by atoms with van der Waals surface area (Å²) in [6, 6.07) is 2.32. The maximum absolute atomic E-state index is 3.78. The molecule has 0 spiro atoms. The number of rotatable bonds is 1. The summed E-state index contributed by atoms with van der Waals surface area (Å²) in [5, 5.41) is 3.78. The van der Waals surface area contributed by atoms with Crippen molar-refractivity contribution in [3.63, 3.8) is 0 Å². The maximum atomic E-state index is 3.78. The van der Waals surface area contributed by atoms with Crippen LogP contribution in [-0.4, -0.2) is 29.2 Å². The summed E-state index contributed by atoms with van der Waals surface area (Å²) in [7, 11) is 0. The van der Waals surface area contributed by atoms with Gasteiger partial charge in [-0.25, -0.2) is 0 Å². The molecule has 1 atom stereocenters. The van der Waals surface area contributed by atoms with Crippen LogP contribution in [0, 0.1) is 5.41 Å². The van der Waals surface area contributed by atoms with Crippen LogP contribution in [0.2, 0.25) is 0 Å². The molecule has 2 bridgehead atoms. The fourth-order valence-electron chi connectivity index (χ4n) is 2.90. The second kappa shape index (κ2) is 3.21. The highest BCUT2D eigenvalue weighted by atomic mass is 15.4. The van der Waals surface area contributed by atoms with Crippen molar-refractivity contribution in [3.8, 4) is 0 Å². The Balaban J connectivity index is 2.15. The second-order valence-electron chi connectivity index (χ2n) is 6.30. The van der Waals surface area contributed by atoms with Crippen LogP contribution in [-0.2, 0) is 0 Å². The standard InChI is InChI=1S/C12H24N2/c1-8(2)14-10-6-9(7-10)13-11(14)12(3,4)5/h8-11,13H,6-7H2,1-5H3. The van der Waals surface area contributed by atoms with Crippen molar-refractivity contribution in [2.24, 2.45) is 5.41 Å². The highest BCUT2D eigenvalue weighted by Gasteiger charge is 2.48. The predicted molar refractivity (Wildman–Crippen MR) is 60.2 cm³/mol. The molecule has 1 unspecified atom stereocenters. The molecule has 0 aromatic carbocycles. The van der Waals surface area contributed by atoms with Crippen LogP contribution in [0.1, 0.15) is 47.5 Å². The number of nitrogens with zero attached hydrogens (tertiary/aromatic N) is 1. The van der Waals surface area contributed by atoms with Crippen LogP contribution >= 0.6 is 0 Å². The molecule has 1 N–H and O–H groups in total. The molecule has 2 aliphatic heterocycles. The topological polar surface area (TPSA) is 15.3 Å². The molecule has 3 rings (SSSR count). The largest absolute Gasteiger partial charge is 0.298 e. The minimum Gasteiger partial charge on any atom is -0.298 e. The lowest BCUT2D eigenvalue weighted by atomic mass is 9.76. The average Bonchev–Trinajstić information content (AvgIpc) is 1.99. The van der Waals surface area contributed by atoms with Gasteiger partial charge < -0.3 is 0 Å². The van der Waals surface area contributed by atoms with Gasteiger partial charge in [0, 0.05) is 18.1 Å². The summed E-state index contributed by atoms with van der Waals surface area (Å²) in [4.78, 5) is 2.68. The number of fused-ring (bicyclic) bond motifs is 2. The minimum absolute atomic E-state index is 0.349. The van der Waals surface area contributed by atoms with E-state index in [4.69, 9.17) is 0 Å². The Kier molecular flexibility index (Phi) is 2.39. The molecule has 1 saturated carbocycles. The Morgan fingerprint density at radius 2 is 1.79 bits per heavy atom. The van der Waals surface area contributed by atoms with Crippen molar-refractivity contribution in [1.29, 1.82) is 0 Å². The van der Waals surface area contributed by atoms with E-state index in [0.717, 1.165) is 12.1 Å². The van der Waals surface area contributed by atoms with Crippen LogP contribution in [0.25, 0.3) is 0 Å². The molecule has 14 heavy (non-hydrogen) atoms. The molecule has 2 saturated heterocycles. The van der Waals surface area contributed by atoms with Gasteiger partial charge in [0.15, 0.2) is 0 Å². The predicted octanol–water partition coefficient (Wildman–Crippen LogP) is 2.20.